The lowest BCUT2D eigenvalue weighted by Gasteiger charge is -2.06. The van der Waals surface area contributed by atoms with Crippen molar-refractivity contribution in [2.45, 2.75) is 149 Å². The Balaban J connectivity index is 3.31. The van der Waals surface area contributed by atoms with Crippen molar-refractivity contribution >= 4 is 0 Å². The molecule has 166 valence electrons. The van der Waals surface area contributed by atoms with Gasteiger partial charge in [0.25, 0.3) is 0 Å². The molecule has 0 heteroatoms. The summed E-state index contributed by atoms with van der Waals surface area (Å²) >= 11 is 0. The van der Waals surface area contributed by atoms with Crippen LogP contribution in [0, 0.1) is 5.92 Å². The molecule has 0 unspecified atom stereocenters. The van der Waals surface area contributed by atoms with E-state index in [1.165, 1.54) is 128 Å². The molecule has 0 aliphatic rings. The molecular weight excluding hydrogens is 336 g/mol. The zero-order valence-electron chi connectivity index (χ0n) is 20.0. The molecule has 0 aromatic carbocycles. The van der Waals surface area contributed by atoms with Gasteiger partial charge in [-0.05, 0) is 50.9 Å². The Kier molecular flexibility index (Phi) is 24.1. The lowest BCUT2D eigenvalue weighted by Crippen LogP contribution is -1.91. The predicted molar refractivity (Wildman–Crippen MR) is 131 cm³/mol. The zero-order valence-corrected chi connectivity index (χ0v) is 20.0. The summed E-state index contributed by atoms with van der Waals surface area (Å²) in [6, 6.07) is 0. The molecule has 0 aromatic rings. The van der Waals surface area contributed by atoms with E-state index in [0.717, 1.165) is 5.92 Å². The van der Waals surface area contributed by atoms with Crippen LogP contribution >= 0.6 is 0 Å². The molecule has 0 fully saturated rings. The van der Waals surface area contributed by atoms with Crippen molar-refractivity contribution in [1.82, 2.24) is 0 Å². The molecule has 1 atom stereocenters. The summed E-state index contributed by atoms with van der Waals surface area (Å²) in [6.07, 6.45) is 37.5. The first-order valence-corrected chi connectivity index (χ1v) is 13.1. The smallest absolute Gasteiger partial charge is 0.0325 e. The summed E-state index contributed by atoms with van der Waals surface area (Å²) in [5, 5.41) is 0. The SMILES string of the molecule is CCCCCCCCCC=CC[C@H](C)CCC=CCCCCCCCCCC. The lowest BCUT2D eigenvalue weighted by molar-refractivity contribution is 0.544. The van der Waals surface area contributed by atoms with Crippen LogP contribution in [0.5, 0.6) is 0 Å². The Morgan fingerprint density at radius 2 is 0.857 bits per heavy atom. The molecule has 0 aromatic heterocycles. The lowest BCUT2D eigenvalue weighted by atomic mass is 10.0. The fourth-order valence-electron chi connectivity index (χ4n) is 3.80. The highest BCUT2D eigenvalue weighted by Gasteiger charge is 1.97. The van der Waals surface area contributed by atoms with Gasteiger partial charge in [0, 0.05) is 0 Å². The van der Waals surface area contributed by atoms with Crippen molar-refractivity contribution in [3.63, 3.8) is 0 Å². The summed E-state index contributed by atoms with van der Waals surface area (Å²) in [6.45, 7) is 6.99. The molecule has 0 N–H and O–H groups in total. The number of hydrogen-bond acceptors (Lipinski definition) is 0. The number of allylic oxidation sites excluding steroid dienone is 4. The van der Waals surface area contributed by atoms with E-state index in [0.29, 0.717) is 0 Å². The second kappa shape index (κ2) is 24.5. The molecule has 0 amide bonds. The first-order valence-electron chi connectivity index (χ1n) is 13.1. The predicted octanol–water partition coefficient (Wildman–Crippen LogP) is 10.6. The van der Waals surface area contributed by atoms with E-state index in [4.69, 9.17) is 0 Å². The summed E-state index contributed by atoms with van der Waals surface area (Å²) in [5.74, 6) is 0.832. The monoisotopic (exact) mass is 390 g/mol. The first-order chi connectivity index (χ1) is 13.8. The minimum atomic E-state index is 0.832. The van der Waals surface area contributed by atoms with Gasteiger partial charge in [0.05, 0.1) is 0 Å². The van der Waals surface area contributed by atoms with Crippen molar-refractivity contribution < 1.29 is 0 Å². The highest BCUT2D eigenvalue weighted by molar-refractivity contribution is 4.85. The van der Waals surface area contributed by atoms with Gasteiger partial charge in [0.2, 0.25) is 0 Å². The molecule has 0 aliphatic heterocycles. The van der Waals surface area contributed by atoms with Crippen LogP contribution in [0.15, 0.2) is 24.3 Å². The Morgan fingerprint density at radius 1 is 0.464 bits per heavy atom. The van der Waals surface area contributed by atoms with E-state index in [1.54, 1.807) is 0 Å². The first kappa shape index (κ1) is 27.5. The van der Waals surface area contributed by atoms with Crippen molar-refractivity contribution in [1.29, 1.82) is 0 Å². The molecule has 0 rings (SSSR count). The number of hydrogen-bond donors (Lipinski definition) is 0. The Bertz CT molecular complexity index is 325. The minimum absolute atomic E-state index is 0.832. The van der Waals surface area contributed by atoms with Crippen LogP contribution in [-0.4, -0.2) is 0 Å². The van der Waals surface area contributed by atoms with Crippen LogP contribution in [0.4, 0.5) is 0 Å². The van der Waals surface area contributed by atoms with Crippen LogP contribution in [0.2, 0.25) is 0 Å². The van der Waals surface area contributed by atoms with E-state index in [2.05, 4.69) is 45.1 Å². The molecule has 0 bridgehead atoms. The van der Waals surface area contributed by atoms with Gasteiger partial charge in [-0.1, -0.05) is 129 Å². The second-order valence-corrected chi connectivity index (χ2v) is 9.03. The highest BCUT2D eigenvalue weighted by atomic mass is 14.0. The van der Waals surface area contributed by atoms with E-state index in [9.17, 15) is 0 Å². The third-order valence-electron chi connectivity index (χ3n) is 5.90. The zero-order chi connectivity index (χ0) is 20.5. The number of rotatable bonds is 22. The van der Waals surface area contributed by atoms with Crippen LogP contribution in [0.25, 0.3) is 0 Å². The maximum absolute atomic E-state index is 2.44. The van der Waals surface area contributed by atoms with E-state index in [1.807, 2.05) is 0 Å². The second-order valence-electron chi connectivity index (χ2n) is 9.03. The molecule has 0 nitrogen and oxygen atoms in total. The van der Waals surface area contributed by atoms with Crippen LogP contribution in [-0.2, 0) is 0 Å². The van der Waals surface area contributed by atoms with Crippen molar-refractivity contribution in [3.8, 4) is 0 Å². The normalized spacial score (nSPS) is 13.1. The standard InChI is InChI=1S/C28H54/c1-4-6-8-10-12-14-16-17-19-21-23-25-27-28(3)26-24-22-20-18-15-13-11-9-7-5-2/h21-24,28H,4-20,25-27H2,1-3H3/t28-/m0/s1. The largest absolute Gasteiger partial charge is 0.0885 e. The molecule has 0 saturated heterocycles. The molecule has 0 heterocycles. The van der Waals surface area contributed by atoms with Gasteiger partial charge in [-0.15, -0.1) is 0 Å². The van der Waals surface area contributed by atoms with Crippen molar-refractivity contribution in [2.24, 2.45) is 5.92 Å². The highest BCUT2D eigenvalue weighted by Crippen LogP contribution is 2.14. The Labute approximate surface area is 179 Å². The van der Waals surface area contributed by atoms with E-state index < -0.39 is 0 Å². The van der Waals surface area contributed by atoms with Gasteiger partial charge in [-0.2, -0.15) is 0 Å². The van der Waals surface area contributed by atoms with Crippen LogP contribution in [0.1, 0.15) is 149 Å². The van der Waals surface area contributed by atoms with E-state index in [-0.39, 0.29) is 0 Å². The fourth-order valence-corrected chi connectivity index (χ4v) is 3.80. The quantitative estimate of drug-likeness (QED) is 0.127. The van der Waals surface area contributed by atoms with Gasteiger partial charge in [-0.3, -0.25) is 0 Å². The average molecular weight is 391 g/mol. The Morgan fingerprint density at radius 3 is 1.36 bits per heavy atom. The minimum Gasteiger partial charge on any atom is -0.0885 e. The maximum atomic E-state index is 2.44. The molecule has 28 heavy (non-hydrogen) atoms. The van der Waals surface area contributed by atoms with Gasteiger partial charge in [0.15, 0.2) is 0 Å². The molecule has 0 radical (unpaired) electrons. The molecular formula is C28H54. The van der Waals surface area contributed by atoms with Gasteiger partial charge in [0.1, 0.15) is 0 Å². The Hall–Kier alpha value is -0.520. The van der Waals surface area contributed by atoms with Crippen molar-refractivity contribution in [3.05, 3.63) is 24.3 Å². The van der Waals surface area contributed by atoms with Gasteiger partial charge in [-0.25, -0.2) is 0 Å². The summed E-state index contributed by atoms with van der Waals surface area (Å²) in [4.78, 5) is 0. The third kappa shape index (κ3) is 23.5. The van der Waals surface area contributed by atoms with Gasteiger partial charge < -0.3 is 0 Å². The van der Waals surface area contributed by atoms with Crippen LogP contribution < -0.4 is 0 Å². The summed E-state index contributed by atoms with van der Waals surface area (Å²) in [5.41, 5.74) is 0. The topological polar surface area (TPSA) is 0 Å². The maximum Gasteiger partial charge on any atom is -0.0325 e. The molecule has 0 saturated carbocycles. The third-order valence-corrected chi connectivity index (χ3v) is 5.90. The number of unbranched alkanes of at least 4 members (excludes halogenated alkanes) is 15. The van der Waals surface area contributed by atoms with E-state index >= 15 is 0 Å². The summed E-state index contributed by atoms with van der Waals surface area (Å²) in [7, 11) is 0. The van der Waals surface area contributed by atoms with Gasteiger partial charge >= 0.3 is 0 Å². The van der Waals surface area contributed by atoms with Crippen LogP contribution in [0.3, 0.4) is 0 Å². The molecule has 0 aliphatic carbocycles. The molecule has 0 spiro atoms. The average Bonchev–Trinajstić information content (AvgIpc) is 2.70. The fraction of sp³-hybridized carbons (Fsp3) is 0.857. The van der Waals surface area contributed by atoms with Crippen molar-refractivity contribution in [2.75, 3.05) is 0 Å². The summed E-state index contributed by atoms with van der Waals surface area (Å²) < 4.78 is 0.